The van der Waals surface area contributed by atoms with E-state index in [1.165, 1.54) is 0 Å². The van der Waals surface area contributed by atoms with E-state index in [2.05, 4.69) is 4.98 Å². The van der Waals surface area contributed by atoms with Crippen molar-refractivity contribution in [2.24, 2.45) is 0 Å². The molecule has 0 aliphatic heterocycles. The Balaban J connectivity index is 2.48. The van der Waals surface area contributed by atoms with Gasteiger partial charge in [0.2, 0.25) is 0 Å². The van der Waals surface area contributed by atoms with Crippen LogP contribution in [0.1, 0.15) is 0 Å². The summed E-state index contributed by atoms with van der Waals surface area (Å²) in [5.41, 5.74) is 0.693. The molecule has 6 heteroatoms. The molecule has 0 amide bonds. The van der Waals surface area contributed by atoms with Crippen molar-refractivity contribution in [3.63, 3.8) is 0 Å². The molecule has 2 heterocycles. The summed E-state index contributed by atoms with van der Waals surface area (Å²) in [5, 5.41) is 17.2. The summed E-state index contributed by atoms with van der Waals surface area (Å²) in [6.45, 7) is 0. The molecule has 0 fully saturated rings. The van der Waals surface area contributed by atoms with Gasteiger partial charge in [0.15, 0.2) is 5.88 Å². The first-order valence-electron chi connectivity index (χ1n) is 3.72. The van der Waals surface area contributed by atoms with Crippen LogP contribution in [-0.2, 0) is 0 Å². The minimum atomic E-state index is -1.81. The number of hydrogen-bond donors (Lipinski definition) is 2. The molecule has 5 nitrogen and oxygen atoms in total. The van der Waals surface area contributed by atoms with Crippen LogP contribution in [-0.4, -0.2) is 26.8 Å². The van der Waals surface area contributed by atoms with Gasteiger partial charge >= 0.3 is 7.32 Å². The van der Waals surface area contributed by atoms with E-state index in [1.807, 2.05) is 0 Å². The molecule has 0 saturated carbocycles. The average Bonchev–Trinajstić information content (AvgIpc) is 2.51. The summed E-state index contributed by atoms with van der Waals surface area (Å²) < 4.78 is 6.33. The second-order valence-electron chi connectivity index (χ2n) is 2.46. The Hall–Kier alpha value is -1.53. The number of nitrogens with zero attached hydrogens (tertiary/aromatic N) is 2. The Morgan fingerprint density at radius 3 is 3.00 bits per heavy atom. The third-order valence-corrected chi connectivity index (χ3v) is 1.62. The normalized spacial score (nSPS) is 10.3. The van der Waals surface area contributed by atoms with Crippen molar-refractivity contribution in [3.05, 3.63) is 30.6 Å². The quantitative estimate of drug-likeness (QED) is 0.618. The van der Waals surface area contributed by atoms with Gasteiger partial charge < -0.3 is 14.7 Å². The Morgan fingerprint density at radius 1 is 1.38 bits per heavy atom. The van der Waals surface area contributed by atoms with E-state index in [0.717, 1.165) is 0 Å². The zero-order chi connectivity index (χ0) is 9.26. The highest BCUT2D eigenvalue weighted by Crippen LogP contribution is 2.13. The van der Waals surface area contributed by atoms with Crippen molar-refractivity contribution in [2.45, 2.75) is 0 Å². The number of fused-ring (bicyclic) bond motifs is 1. The van der Waals surface area contributed by atoms with E-state index < -0.39 is 7.32 Å². The molecule has 2 N–H and O–H groups in total. The molecule has 13 heavy (non-hydrogen) atoms. The molecule has 0 atom stereocenters. The summed E-state index contributed by atoms with van der Waals surface area (Å²) >= 11 is 0. The van der Waals surface area contributed by atoms with Gasteiger partial charge in [-0.3, -0.25) is 4.40 Å². The highest BCUT2D eigenvalue weighted by Gasteiger charge is 2.12. The molecule has 0 aliphatic rings. The van der Waals surface area contributed by atoms with Gasteiger partial charge in [-0.05, 0) is 12.1 Å². The van der Waals surface area contributed by atoms with E-state index in [9.17, 15) is 0 Å². The van der Waals surface area contributed by atoms with Crippen LogP contribution in [0, 0.1) is 0 Å². The molecule has 2 aromatic heterocycles. The third kappa shape index (κ3) is 1.49. The molecule has 0 aromatic carbocycles. The molecule has 0 saturated heterocycles. The van der Waals surface area contributed by atoms with Crippen LogP contribution in [0.25, 0.3) is 5.65 Å². The van der Waals surface area contributed by atoms with Crippen LogP contribution in [0.4, 0.5) is 0 Å². The fraction of sp³-hybridized carbons (Fsp3) is 0. The van der Waals surface area contributed by atoms with Crippen molar-refractivity contribution >= 4 is 13.0 Å². The fourth-order valence-corrected chi connectivity index (χ4v) is 1.13. The van der Waals surface area contributed by atoms with Crippen LogP contribution in [0.2, 0.25) is 0 Å². The summed E-state index contributed by atoms with van der Waals surface area (Å²) in [4.78, 5) is 4.01. The second-order valence-corrected chi connectivity index (χ2v) is 2.46. The zero-order valence-corrected chi connectivity index (χ0v) is 6.66. The molecular weight excluding hydrogens is 171 g/mol. The van der Waals surface area contributed by atoms with Gasteiger partial charge in [0.25, 0.3) is 0 Å². The Bertz CT molecular complexity index is 415. The Morgan fingerprint density at radius 2 is 2.23 bits per heavy atom. The average molecular weight is 178 g/mol. The molecule has 0 unspecified atom stereocenters. The van der Waals surface area contributed by atoms with Crippen LogP contribution in [0.15, 0.2) is 30.6 Å². The van der Waals surface area contributed by atoms with Gasteiger partial charge in [-0.25, -0.2) is 4.98 Å². The number of hydrogen-bond acceptors (Lipinski definition) is 4. The van der Waals surface area contributed by atoms with Gasteiger partial charge in [-0.15, -0.1) is 0 Å². The number of aromatic nitrogens is 2. The van der Waals surface area contributed by atoms with Gasteiger partial charge in [0.05, 0.1) is 0 Å². The van der Waals surface area contributed by atoms with E-state index in [4.69, 9.17) is 14.7 Å². The smallest absolute Gasteiger partial charge is 0.499 e. The predicted octanol–water partition coefficient (Wildman–Crippen LogP) is -0.317. The maximum absolute atomic E-state index is 8.60. The predicted molar refractivity (Wildman–Crippen MR) is 46.0 cm³/mol. The number of pyridine rings is 1. The Labute approximate surface area is 74.4 Å². The van der Waals surface area contributed by atoms with Crippen LogP contribution >= 0.6 is 0 Å². The number of rotatable bonds is 2. The standard InChI is InChI=1S/C7H7BN2O3/c11-8(12)13-7-3-1-2-6-9-4-5-10(6)7/h1-5,11-12H. The lowest BCUT2D eigenvalue weighted by molar-refractivity contribution is 0.282. The topological polar surface area (TPSA) is 67.0 Å². The van der Waals surface area contributed by atoms with Gasteiger partial charge in [-0.1, -0.05) is 6.07 Å². The van der Waals surface area contributed by atoms with E-state index >= 15 is 0 Å². The van der Waals surface area contributed by atoms with Gasteiger partial charge in [0.1, 0.15) is 5.65 Å². The SMILES string of the molecule is OB(O)Oc1cccc2nccn12. The van der Waals surface area contributed by atoms with Crippen LogP contribution in [0.3, 0.4) is 0 Å². The Kier molecular flexibility index (Phi) is 1.92. The summed E-state index contributed by atoms with van der Waals surface area (Å²) in [6, 6.07) is 5.13. The van der Waals surface area contributed by atoms with Crippen molar-refractivity contribution < 1.29 is 14.7 Å². The molecule has 66 valence electrons. The third-order valence-electron chi connectivity index (χ3n) is 1.62. The van der Waals surface area contributed by atoms with E-state index in [1.54, 1.807) is 35.0 Å². The molecule has 0 radical (unpaired) electrons. The summed E-state index contributed by atoms with van der Waals surface area (Å²) in [7, 11) is -1.81. The molecule has 0 spiro atoms. The summed E-state index contributed by atoms with van der Waals surface area (Å²) in [6.07, 6.45) is 3.28. The van der Waals surface area contributed by atoms with Crippen molar-refractivity contribution in [2.75, 3.05) is 0 Å². The minimum Gasteiger partial charge on any atom is -0.499 e. The number of imidazole rings is 1. The first-order valence-corrected chi connectivity index (χ1v) is 3.72. The minimum absolute atomic E-state index is 0.338. The highest BCUT2D eigenvalue weighted by molar-refractivity contribution is 6.33. The molecule has 0 aliphatic carbocycles. The highest BCUT2D eigenvalue weighted by atomic mass is 16.6. The van der Waals surface area contributed by atoms with Crippen LogP contribution in [0.5, 0.6) is 5.88 Å². The molecule has 2 rings (SSSR count). The lowest BCUT2D eigenvalue weighted by atomic mass is 10.2. The second kappa shape index (κ2) is 3.08. The first kappa shape index (κ1) is 8.09. The van der Waals surface area contributed by atoms with Crippen LogP contribution < -0.4 is 4.65 Å². The van der Waals surface area contributed by atoms with Crippen molar-refractivity contribution in [3.8, 4) is 5.88 Å². The monoisotopic (exact) mass is 178 g/mol. The van der Waals surface area contributed by atoms with Gasteiger partial charge in [0, 0.05) is 12.4 Å². The maximum atomic E-state index is 8.60. The molecular formula is C7H7BN2O3. The lowest BCUT2D eigenvalue weighted by Crippen LogP contribution is -2.21. The maximum Gasteiger partial charge on any atom is 0.708 e. The van der Waals surface area contributed by atoms with E-state index in [-0.39, 0.29) is 0 Å². The molecule has 2 aromatic rings. The lowest BCUT2D eigenvalue weighted by Gasteiger charge is -2.06. The van der Waals surface area contributed by atoms with Crippen molar-refractivity contribution in [1.29, 1.82) is 0 Å². The van der Waals surface area contributed by atoms with Crippen molar-refractivity contribution in [1.82, 2.24) is 9.38 Å². The summed E-state index contributed by atoms with van der Waals surface area (Å²) in [5.74, 6) is 0.338. The first-order chi connectivity index (χ1) is 6.27. The fourth-order valence-electron chi connectivity index (χ4n) is 1.13. The van der Waals surface area contributed by atoms with E-state index in [0.29, 0.717) is 11.5 Å². The largest absolute Gasteiger partial charge is 0.708 e. The van der Waals surface area contributed by atoms with Gasteiger partial charge in [-0.2, -0.15) is 0 Å². The molecule has 0 bridgehead atoms. The zero-order valence-electron chi connectivity index (χ0n) is 6.66.